The molecular weight excluding hydrogens is 340 g/mol. The van der Waals surface area contributed by atoms with E-state index < -0.39 is 0 Å². The van der Waals surface area contributed by atoms with Crippen molar-refractivity contribution < 1.29 is 14.3 Å². The van der Waals surface area contributed by atoms with E-state index in [9.17, 15) is 9.59 Å². The maximum Gasteiger partial charge on any atom is 0.230 e. The lowest BCUT2D eigenvalue weighted by molar-refractivity contribution is -0.119. The zero-order valence-electron chi connectivity index (χ0n) is 15.5. The van der Waals surface area contributed by atoms with Crippen LogP contribution in [0.15, 0.2) is 42.5 Å². The number of fused-ring (bicyclic) bond motifs is 1. The average molecular weight is 364 g/mol. The van der Waals surface area contributed by atoms with Crippen LogP contribution in [0.4, 0.5) is 11.4 Å². The highest BCUT2D eigenvalue weighted by Gasteiger charge is 2.36. The van der Waals surface area contributed by atoms with Crippen LogP contribution in [0.25, 0.3) is 0 Å². The Balaban J connectivity index is 1.38. The van der Waals surface area contributed by atoms with Gasteiger partial charge in [-0.2, -0.15) is 0 Å². The predicted octanol–water partition coefficient (Wildman–Crippen LogP) is 3.57. The summed E-state index contributed by atoms with van der Waals surface area (Å²) >= 11 is 0. The van der Waals surface area contributed by atoms with Crippen molar-refractivity contribution in [3.05, 3.63) is 53.6 Å². The summed E-state index contributed by atoms with van der Waals surface area (Å²) < 4.78 is 5.42. The Kier molecular flexibility index (Phi) is 4.84. The summed E-state index contributed by atoms with van der Waals surface area (Å²) in [5.74, 6) is 1.24. The topological polar surface area (TPSA) is 58.6 Å². The number of hydrogen-bond donors (Lipinski definition) is 1. The van der Waals surface area contributed by atoms with E-state index in [1.165, 1.54) is 0 Å². The van der Waals surface area contributed by atoms with Crippen molar-refractivity contribution in [2.24, 2.45) is 5.92 Å². The Morgan fingerprint density at radius 3 is 2.63 bits per heavy atom. The summed E-state index contributed by atoms with van der Waals surface area (Å²) in [5, 5.41) is 2.97. The summed E-state index contributed by atoms with van der Waals surface area (Å²) in [4.78, 5) is 26.6. The molecule has 1 saturated carbocycles. The Morgan fingerprint density at radius 1 is 1.15 bits per heavy atom. The van der Waals surface area contributed by atoms with Gasteiger partial charge in [0.1, 0.15) is 5.75 Å². The van der Waals surface area contributed by atoms with Crippen LogP contribution in [-0.2, 0) is 22.4 Å². The van der Waals surface area contributed by atoms with E-state index in [4.69, 9.17) is 4.74 Å². The molecule has 1 heterocycles. The van der Waals surface area contributed by atoms with Crippen molar-refractivity contribution in [3.63, 3.8) is 0 Å². The molecule has 2 aliphatic rings. The van der Waals surface area contributed by atoms with Crippen molar-refractivity contribution in [2.75, 3.05) is 23.4 Å². The molecule has 5 nitrogen and oxygen atoms in total. The Hall–Kier alpha value is -2.82. The monoisotopic (exact) mass is 364 g/mol. The van der Waals surface area contributed by atoms with Crippen molar-refractivity contribution >= 4 is 23.2 Å². The number of ether oxygens (including phenoxy) is 1. The Morgan fingerprint density at radius 2 is 1.93 bits per heavy atom. The maximum atomic E-state index is 12.4. The molecule has 0 unspecified atom stereocenters. The number of amides is 2. The van der Waals surface area contributed by atoms with Crippen LogP contribution < -0.4 is 15.0 Å². The molecule has 0 saturated heterocycles. The molecule has 1 N–H and O–H groups in total. The van der Waals surface area contributed by atoms with Gasteiger partial charge in [-0.05, 0) is 67.6 Å². The molecule has 4 rings (SSSR count). The van der Waals surface area contributed by atoms with E-state index in [1.807, 2.05) is 54.3 Å². The molecule has 2 amide bonds. The fourth-order valence-corrected chi connectivity index (χ4v) is 3.52. The first kappa shape index (κ1) is 17.6. The summed E-state index contributed by atoms with van der Waals surface area (Å²) in [6, 6.07) is 13.4. The Bertz CT molecular complexity index is 856. The molecule has 1 aliphatic heterocycles. The third kappa shape index (κ3) is 3.97. The van der Waals surface area contributed by atoms with Crippen LogP contribution in [0, 0.1) is 5.92 Å². The Labute approximate surface area is 159 Å². The third-order valence-electron chi connectivity index (χ3n) is 5.05. The minimum Gasteiger partial charge on any atom is -0.494 e. The normalized spacial score (nSPS) is 15.4. The zero-order chi connectivity index (χ0) is 18.8. The van der Waals surface area contributed by atoms with Gasteiger partial charge in [-0.3, -0.25) is 9.59 Å². The molecule has 2 aromatic rings. The molecule has 0 atom stereocenters. The van der Waals surface area contributed by atoms with E-state index in [2.05, 4.69) is 5.32 Å². The second kappa shape index (κ2) is 7.43. The zero-order valence-corrected chi connectivity index (χ0v) is 15.5. The first-order chi connectivity index (χ1) is 13.1. The number of hydrogen-bond acceptors (Lipinski definition) is 3. The van der Waals surface area contributed by atoms with Crippen molar-refractivity contribution in [3.8, 4) is 5.75 Å². The lowest BCUT2D eigenvalue weighted by Gasteiger charge is -2.17. The van der Waals surface area contributed by atoms with Gasteiger partial charge in [-0.1, -0.05) is 12.1 Å². The molecular formula is C22H24N2O3. The van der Waals surface area contributed by atoms with Crippen molar-refractivity contribution in [1.29, 1.82) is 0 Å². The molecule has 2 aromatic carbocycles. The second-order valence-electron chi connectivity index (χ2n) is 7.16. The SMILES string of the molecule is CCOc1ccc(CC(=O)Nc2ccc3c(c2)CCN3C(=O)C2CC2)cc1. The highest BCUT2D eigenvalue weighted by Crippen LogP contribution is 2.37. The highest BCUT2D eigenvalue weighted by atomic mass is 16.5. The van der Waals surface area contributed by atoms with Gasteiger partial charge in [0.15, 0.2) is 0 Å². The summed E-state index contributed by atoms with van der Waals surface area (Å²) in [5.41, 5.74) is 3.85. The number of carbonyl (C=O) groups is 2. The van der Waals surface area contributed by atoms with Crippen molar-refractivity contribution in [1.82, 2.24) is 0 Å². The molecule has 0 bridgehead atoms. The van der Waals surface area contributed by atoms with E-state index in [-0.39, 0.29) is 17.7 Å². The summed E-state index contributed by atoms with van der Waals surface area (Å²) in [6.45, 7) is 3.31. The number of rotatable bonds is 6. The predicted molar refractivity (Wildman–Crippen MR) is 105 cm³/mol. The summed E-state index contributed by atoms with van der Waals surface area (Å²) in [6.07, 6.45) is 3.20. The summed E-state index contributed by atoms with van der Waals surface area (Å²) in [7, 11) is 0. The van der Waals surface area contributed by atoms with Crippen LogP contribution in [0.1, 0.15) is 30.9 Å². The lowest BCUT2D eigenvalue weighted by atomic mass is 10.1. The first-order valence-electron chi connectivity index (χ1n) is 9.60. The number of benzene rings is 2. The fourth-order valence-electron chi connectivity index (χ4n) is 3.52. The third-order valence-corrected chi connectivity index (χ3v) is 5.05. The number of nitrogens with zero attached hydrogens (tertiary/aromatic N) is 1. The van der Waals surface area contributed by atoms with Gasteiger partial charge in [-0.15, -0.1) is 0 Å². The van der Waals surface area contributed by atoms with Gasteiger partial charge in [-0.25, -0.2) is 0 Å². The minimum atomic E-state index is -0.0528. The number of nitrogens with one attached hydrogen (secondary N) is 1. The van der Waals surface area contributed by atoms with Crippen LogP contribution >= 0.6 is 0 Å². The van der Waals surface area contributed by atoms with Gasteiger partial charge in [0, 0.05) is 23.8 Å². The standard InChI is InChI=1S/C22H24N2O3/c1-2-27-19-8-3-15(4-9-19)13-21(25)23-18-7-10-20-17(14-18)11-12-24(20)22(26)16-5-6-16/h3-4,7-10,14,16H,2,5-6,11-13H2,1H3,(H,23,25). The van der Waals surface area contributed by atoms with Gasteiger partial charge >= 0.3 is 0 Å². The smallest absolute Gasteiger partial charge is 0.230 e. The van der Waals surface area contributed by atoms with Gasteiger partial charge < -0.3 is 15.0 Å². The lowest BCUT2D eigenvalue weighted by Crippen LogP contribution is -2.30. The molecule has 27 heavy (non-hydrogen) atoms. The van der Waals surface area contributed by atoms with Gasteiger partial charge in [0.25, 0.3) is 0 Å². The van der Waals surface area contributed by atoms with E-state index in [1.54, 1.807) is 0 Å². The van der Waals surface area contributed by atoms with E-state index in [0.29, 0.717) is 13.0 Å². The molecule has 0 radical (unpaired) electrons. The first-order valence-corrected chi connectivity index (χ1v) is 9.60. The molecule has 0 spiro atoms. The van der Waals surface area contributed by atoms with Crippen LogP contribution in [-0.4, -0.2) is 25.0 Å². The van der Waals surface area contributed by atoms with Gasteiger partial charge in [0.2, 0.25) is 11.8 Å². The molecule has 0 aromatic heterocycles. The number of anilines is 2. The molecule has 1 fully saturated rings. The molecule has 5 heteroatoms. The highest BCUT2D eigenvalue weighted by molar-refractivity contribution is 5.99. The largest absolute Gasteiger partial charge is 0.494 e. The quantitative estimate of drug-likeness (QED) is 0.853. The maximum absolute atomic E-state index is 12.4. The van der Waals surface area contributed by atoms with Gasteiger partial charge in [0.05, 0.1) is 13.0 Å². The minimum absolute atomic E-state index is 0.0528. The molecule has 140 valence electrons. The van der Waals surface area contributed by atoms with Crippen molar-refractivity contribution in [2.45, 2.75) is 32.6 Å². The fraction of sp³-hybridized carbons (Fsp3) is 0.364. The second-order valence-corrected chi connectivity index (χ2v) is 7.16. The number of carbonyl (C=O) groups excluding carboxylic acids is 2. The van der Waals surface area contributed by atoms with E-state index in [0.717, 1.165) is 54.1 Å². The van der Waals surface area contributed by atoms with Crippen LogP contribution in [0.2, 0.25) is 0 Å². The van der Waals surface area contributed by atoms with Crippen LogP contribution in [0.3, 0.4) is 0 Å². The molecule has 1 aliphatic carbocycles. The van der Waals surface area contributed by atoms with E-state index >= 15 is 0 Å². The van der Waals surface area contributed by atoms with Crippen LogP contribution in [0.5, 0.6) is 5.75 Å². The average Bonchev–Trinajstić information content (AvgIpc) is 3.43.